The van der Waals surface area contributed by atoms with Crippen LogP contribution in [-0.4, -0.2) is 37.9 Å². The van der Waals surface area contributed by atoms with Gasteiger partial charge >= 0.3 is 0 Å². The summed E-state index contributed by atoms with van der Waals surface area (Å²) in [4.78, 5) is 26.9. The highest BCUT2D eigenvalue weighted by Crippen LogP contribution is 2.29. The summed E-state index contributed by atoms with van der Waals surface area (Å²) in [5.74, 6) is 0.531. The van der Waals surface area contributed by atoms with Crippen molar-refractivity contribution in [2.24, 2.45) is 5.16 Å². The maximum absolute atomic E-state index is 11.8. The molecule has 0 bridgehead atoms. The number of nitro benzene ring substituents is 1. The average molecular weight is 359 g/mol. The molecular formula is C17H17N3O6. The van der Waals surface area contributed by atoms with Crippen LogP contribution >= 0.6 is 0 Å². The van der Waals surface area contributed by atoms with E-state index in [0.29, 0.717) is 22.7 Å². The van der Waals surface area contributed by atoms with E-state index in [4.69, 9.17) is 14.3 Å². The van der Waals surface area contributed by atoms with Crippen LogP contribution in [0.5, 0.6) is 11.5 Å². The lowest BCUT2D eigenvalue weighted by Crippen LogP contribution is -2.17. The van der Waals surface area contributed by atoms with Crippen molar-refractivity contribution in [1.82, 2.24) is 0 Å². The number of nitrogens with one attached hydrogen (secondary N) is 1. The van der Waals surface area contributed by atoms with Gasteiger partial charge in [0.25, 0.3) is 11.6 Å². The maximum Gasteiger partial charge on any atom is 0.271 e. The highest BCUT2D eigenvalue weighted by atomic mass is 16.6. The van der Waals surface area contributed by atoms with Crippen LogP contribution in [0.25, 0.3) is 0 Å². The minimum atomic E-state index is -0.544. The Morgan fingerprint density at radius 3 is 2.69 bits per heavy atom. The van der Waals surface area contributed by atoms with E-state index in [9.17, 15) is 14.9 Å². The van der Waals surface area contributed by atoms with E-state index in [1.165, 1.54) is 44.7 Å². The zero-order chi connectivity index (χ0) is 18.9. The van der Waals surface area contributed by atoms with Crippen LogP contribution in [0.2, 0.25) is 0 Å². The van der Waals surface area contributed by atoms with Gasteiger partial charge < -0.3 is 19.6 Å². The molecule has 0 saturated carbocycles. The summed E-state index contributed by atoms with van der Waals surface area (Å²) >= 11 is 0. The highest BCUT2D eigenvalue weighted by molar-refractivity contribution is 5.92. The van der Waals surface area contributed by atoms with Crippen molar-refractivity contribution in [2.75, 3.05) is 26.1 Å². The molecule has 0 heterocycles. The zero-order valence-electron chi connectivity index (χ0n) is 14.2. The molecule has 26 heavy (non-hydrogen) atoms. The number of nitro groups is 1. The second-order valence-electron chi connectivity index (χ2n) is 4.95. The fourth-order valence-corrected chi connectivity index (χ4v) is 2.10. The molecule has 0 fully saturated rings. The summed E-state index contributed by atoms with van der Waals surface area (Å²) in [5.41, 5.74) is 0.795. The van der Waals surface area contributed by atoms with Gasteiger partial charge in [0.05, 0.1) is 25.4 Å². The van der Waals surface area contributed by atoms with Gasteiger partial charge in [-0.25, -0.2) is 0 Å². The van der Waals surface area contributed by atoms with Crippen molar-refractivity contribution >= 4 is 23.5 Å². The number of anilines is 1. The number of oxime groups is 1. The molecule has 1 N–H and O–H groups in total. The van der Waals surface area contributed by atoms with E-state index >= 15 is 0 Å². The molecule has 0 aromatic heterocycles. The molecule has 0 aliphatic rings. The Kier molecular flexibility index (Phi) is 6.49. The minimum Gasteiger partial charge on any atom is -0.493 e. The Labute approximate surface area is 149 Å². The molecule has 9 nitrogen and oxygen atoms in total. The molecule has 0 aliphatic carbocycles. The van der Waals surface area contributed by atoms with Crippen LogP contribution in [0.15, 0.2) is 47.6 Å². The number of nitrogens with zero attached hydrogens (tertiary/aromatic N) is 2. The molecule has 0 spiro atoms. The monoisotopic (exact) mass is 359 g/mol. The molecule has 9 heteroatoms. The van der Waals surface area contributed by atoms with Crippen molar-refractivity contribution in [1.29, 1.82) is 0 Å². The predicted octanol–water partition coefficient (Wildman–Crippen LogP) is 2.60. The number of hydrogen-bond acceptors (Lipinski definition) is 7. The average Bonchev–Trinajstić information content (AvgIpc) is 2.65. The number of amides is 1. The zero-order valence-corrected chi connectivity index (χ0v) is 14.2. The number of hydrogen-bond donors (Lipinski definition) is 1. The van der Waals surface area contributed by atoms with Crippen molar-refractivity contribution in [3.8, 4) is 11.5 Å². The number of carbonyl (C=O) groups excluding carboxylic acids is 1. The number of carbonyl (C=O) groups is 1. The molecule has 2 aromatic rings. The van der Waals surface area contributed by atoms with Gasteiger partial charge in [-0.1, -0.05) is 17.3 Å². The summed E-state index contributed by atoms with van der Waals surface area (Å²) in [6, 6.07) is 10.8. The molecule has 0 unspecified atom stereocenters. The Bertz CT molecular complexity index is 822. The Hall–Kier alpha value is -3.62. The van der Waals surface area contributed by atoms with E-state index in [1.807, 2.05) is 0 Å². The number of para-hydroxylation sites is 1. The van der Waals surface area contributed by atoms with Crippen LogP contribution in [-0.2, 0) is 9.63 Å². The highest BCUT2D eigenvalue weighted by Gasteiger charge is 2.09. The molecule has 2 rings (SSSR count). The number of benzene rings is 2. The quantitative estimate of drug-likeness (QED) is 0.440. The number of rotatable bonds is 8. The van der Waals surface area contributed by atoms with Gasteiger partial charge in [0.2, 0.25) is 0 Å². The van der Waals surface area contributed by atoms with Gasteiger partial charge in [-0.05, 0) is 18.2 Å². The second-order valence-corrected chi connectivity index (χ2v) is 4.95. The minimum absolute atomic E-state index is 0.119. The topological polar surface area (TPSA) is 112 Å². The van der Waals surface area contributed by atoms with Gasteiger partial charge in [-0.2, -0.15) is 0 Å². The normalized spacial score (nSPS) is 10.4. The Morgan fingerprint density at radius 2 is 2.00 bits per heavy atom. The van der Waals surface area contributed by atoms with Crippen molar-refractivity contribution in [3.63, 3.8) is 0 Å². The summed E-state index contributed by atoms with van der Waals surface area (Å²) in [5, 5.41) is 16.9. The largest absolute Gasteiger partial charge is 0.493 e. The lowest BCUT2D eigenvalue weighted by molar-refractivity contribution is -0.384. The molecule has 0 radical (unpaired) electrons. The van der Waals surface area contributed by atoms with Crippen LogP contribution in [0, 0.1) is 10.1 Å². The third kappa shape index (κ3) is 4.94. The first-order chi connectivity index (χ1) is 12.5. The third-order valence-electron chi connectivity index (χ3n) is 3.24. The van der Waals surface area contributed by atoms with Crippen LogP contribution in [0.1, 0.15) is 5.56 Å². The Balaban J connectivity index is 1.91. The first-order valence-corrected chi connectivity index (χ1v) is 7.45. The molecule has 0 aliphatic heterocycles. The SMILES string of the molecule is COc1cccc(/C=N\OCC(=O)Nc2cccc([N+](=O)[O-])c2)c1OC. The van der Waals surface area contributed by atoms with Crippen molar-refractivity contribution in [3.05, 3.63) is 58.1 Å². The number of ether oxygens (including phenoxy) is 2. The predicted molar refractivity (Wildman–Crippen MR) is 94.8 cm³/mol. The smallest absolute Gasteiger partial charge is 0.271 e. The molecule has 2 aromatic carbocycles. The summed E-state index contributed by atoms with van der Waals surface area (Å²) in [6.07, 6.45) is 1.39. The van der Waals surface area contributed by atoms with E-state index in [1.54, 1.807) is 18.2 Å². The number of non-ortho nitro benzene ring substituents is 1. The van der Waals surface area contributed by atoms with Gasteiger partial charge in [-0.3, -0.25) is 14.9 Å². The summed E-state index contributed by atoms with van der Waals surface area (Å²) in [6.45, 7) is -0.356. The molecule has 136 valence electrons. The first kappa shape index (κ1) is 18.7. The standard InChI is InChI=1S/C17H17N3O6/c1-24-15-8-3-5-12(17(15)25-2)10-18-26-11-16(21)19-13-6-4-7-14(9-13)20(22)23/h3-10H,11H2,1-2H3,(H,19,21)/b18-10-. The Morgan fingerprint density at radius 1 is 1.23 bits per heavy atom. The summed E-state index contributed by atoms with van der Waals surface area (Å²) < 4.78 is 10.4. The maximum atomic E-state index is 11.8. The molecular weight excluding hydrogens is 342 g/mol. The third-order valence-corrected chi connectivity index (χ3v) is 3.24. The van der Waals surface area contributed by atoms with E-state index in [2.05, 4.69) is 10.5 Å². The van der Waals surface area contributed by atoms with E-state index in [-0.39, 0.29) is 12.3 Å². The van der Waals surface area contributed by atoms with E-state index < -0.39 is 10.8 Å². The van der Waals surface area contributed by atoms with Gasteiger partial charge in [-0.15, -0.1) is 0 Å². The van der Waals surface area contributed by atoms with Crippen molar-refractivity contribution < 1.29 is 24.0 Å². The van der Waals surface area contributed by atoms with Crippen LogP contribution < -0.4 is 14.8 Å². The first-order valence-electron chi connectivity index (χ1n) is 7.45. The fraction of sp³-hybridized carbons (Fsp3) is 0.176. The van der Waals surface area contributed by atoms with E-state index in [0.717, 1.165) is 0 Å². The molecule has 0 atom stereocenters. The fourth-order valence-electron chi connectivity index (χ4n) is 2.10. The second kappa shape index (κ2) is 9.02. The van der Waals surface area contributed by atoms with Crippen LogP contribution in [0.3, 0.4) is 0 Å². The van der Waals surface area contributed by atoms with Crippen molar-refractivity contribution in [2.45, 2.75) is 0 Å². The van der Waals surface area contributed by atoms with Gasteiger partial charge in [0.1, 0.15) is 0 Å². The molecule has 0 saturated heterocycles. The van der Waals surface area contributed by atoms with Gasteiger partial charge in [0, 0.05) is 23.4 Å². The lowest BCUT2D eigenvalue weighted by atomic mass is 10.2. The lowest BCUT2D eigenvalue weighted by Gasteiger charge is -2.09. The van der Waals surface area contributed by atoms with Gasteiger partial charge in [0.15, 0.2) is 18.1 Å². The van der Waals surface area contributed by atoms with Crippen LogP contribution in [0.4, 0.5) is 11.4 Å². The summed E-state index contributed by atoms with van der Waals surface area (Å²) in [7, 11) is 3.02. The number of methoxy groups -OCH3 is 2. The molecule has 1 amide bonds.